The fraction of sp³-hybridized carbons (Fsp3) is 0.889. The minimum absolute atomic E-state index is 0.149. The normalized spacial score (nSPS) is 12.2. The third-order valence-corrected chi connectivity index (χ3v) is 2.14. The molecule has 2 heteroatoms. The maximum Gasteiger partial charge on any atom is 0.135 e. The van der Waals surface area contributed by atoms with Crippen LogP contribution in [0.15, 0.2) is 0 Å². The number of nitrogens with zero attached hydrogens (tertiary/aromatic N) is 1. The van der Waals surface area contributed by atoms with Crippen LogP contribution in [0.3, 0.4) is 0 Å². The average molecular weight is 157 g/mol. The zero-order valence-corrected chi connectivity index (χ0v) is 8.27. The van der Waals surface area contributed by atoms with Crippen LogP contribution in [0.4, 0.5) is 0 Å². The van der Waals surface area contributed by atoms with Crippen LogP contribution in [0, 0.1) is 5.41 Å². The van der Waals surface area contributed by atoms with Crippen molar-refractivity contribution in [3.05, 3.63) is 0 Å². The Labute approximate surface area is 69.6 Å². The lowest BCUT2D eigenvalue weighted by Crippen LogP contribution is -2.27. The SMILES string of the molecule is CC(=O)C(C)(C)CCN(C)C. The van der Waals surface area contributed by atoms with Gasteiger partial charge in [0.1, 0.15) is 5.78 Å². The molecule has 0 rings (SSSR count). The standard InChI is InChI=1S/C9H19NO/c1-8(11)9(2,3)6-7-10(4)5/h6-7H2,1-5H3. The molecule has 0 saturated carbocycles. The van der Waals surface area contributed by atoms with Crippen molar-refractivity contribution in [2.24, 2.45) is 5.41 Å². The van der Waals surface area contributed by atoms with E-state index in [0.29, 0.717) is 0 Å². The molecule has 0 fully saturated rings. The minimum Gasteiger partial charge on any atom is -0.309 e. The molecule has 0 aliphatic rings. The molecule has 0 N–H and O–H groups in total. The first-order valence-corrected chi connectivity index (χ1v) is 4.02. The molecule has 0 aliphatic carbocycles. The highest BCUT2D eigenvalue weighted by atomic mass is 16.1. The Bertz CT molecular complexity index is 138. The van der Waals surface area contributed by atoms with Crippen molar-refractivity contribution in [2.45, 2.75) is 27.2 Å². The molecule has 2 nitrogen and oxygen atoms in total. The van der Waals surface area contributed by atoms with E-state index in [1.165, 1.54) is 0 Å². The van der Waals surface area contributed by atoms with Gasteiger partial charge in [-0.25, -0.2) is 0 Å². The lowest BCUT2D eigenvalue weighted by atomic mass is 9.85. The summed E-state index contributed by atoms with van der Waals surface area (Å²) in [6.45, 7) is 6.64. The summed E-state index contributed by atoms with van der Waals surface area (Å²) in [6, 6.07) is 0. The zero-order valence-electron chi connectivity index (χ0n) is 8.27. The van der Waals surface area contributed by atoms with Gasteiger partial charge in [0.05, 0.1) is 0 Å². The number of hydrogen-bond donors (Lipinski definition) is 0. The maximum absolute atomic E-state index is 11.1. The van der Waals surface area contributed by atoms with Gasteiger partial charge in [-0.05, 0) is 34.0 Å². The van der Waals surface area contributed by atoms with Crippen molar-refractivity contribution in [3.63, 3.8) is 0 Å². The molecule has 0 amide bonds. The predicted octanol–water partition coefficient (Wildman–Crippen LogP) is 1.55. The molecule has 0 saturated heterocycles. The monoisotopic (exact) mass is 157 g/mol. The van der Waals surface area contributed by atoms with Crippen molar-refractivity contribution in [2.75, 3.05) is 20.6 Å². The van der Waals surface area contributed by atoms with E-state index in [2.05, 4.69) is 4.90 Å². The van der Waals surface area contributed by atoms with Gasteiger partial charge in [0.2, 0.25) is 0 Å². The van der Waals surface area contributed by atoms with Gasteiger partial charge in [0.25, 0.3) is 0 Å². The molecule has 0 aliphatic heterocycles. The van der Waals surface area contributed by atoms with Crippen LogP contribution >= 0.6 is 0 Å². The van der Waals surface area contributed by atoms with E-state index >= 15 is 0 Å². The van der Waals surface area contributed by atoms with Crippen molar-refractivity contribution < 1.29 is 4.79 Å². The Morgan fingerprint density at radius 1 is 1.36 bits per heavy atom. The molecule has 0 radical (unpaired) electrons. The summed E-state index contributed by atoms with van der Waals surface area (Å²) in [4.78, 5) is 13.2. The first-order valence-electron chi connectivity index (χ1n) is 4.02. The summed E-state index contributed by atoms with van der Waals surface area (Å²) >= 11 is 0. The molecule has 0 aromatic carbocycles. The van der Waals surface area contributed by atoms with Gasteiger partial charge < -0.3 is 4.90 Å². The fourth-order valence-electron chi connectivity index (χ4n) is 0.679. The minimum atomic E-state index is -0.149. The first-order chi connectivity index (χ1) is 4.86. The Balaban J connectivity index is 3.83. The highest BCUT2D eigenvalue weighted by Crippen LogP contribution is 2.20. The zero-order chi connectivity index (χ0) is 9.07. The van der Waals surface area contributed by atoms with Gasteiger partial charge in [-0.1, -0.05) is 13.8 Å². The number of carbonyl (C=O) groups excluding carboxylic acids is 1. The van der Waals surface area contributed by atoms with Crippen LogP contribution in [0.1, 0.15) is 27.2 Å². The van der Waals surface area contributed by atoms with E-state index in [0.717, 1.165) is 13.0 Å². The molecule has 11 heavy (non-hydrogen) atoms. The van der Waals surface area contributed by atoms with E-state index in [1.54, 1.807) is 6.92 Å². The van der Waals surface area contributed by atoms with Crippen molar-refractivity contribution in [3.8, 4) is 0 Å². The van der Waals surface area contributed by atoms with Crippen LogP contribution in [0.2, 0.25) is 0 Å². The highest BCUT2D eigenvalue weighted by molar-refractivity contribution is 5.81. The summed E-state index contributed by atoms with van der Waals surface area (Å²) in [5.41, 5.74) is -0.149. The summed E-state index contributed by atoms with van der Waals surface area (Å²) in [7, 11) is 4.05. The van der Waals surface area contributed by atoms with Gasteiger partial charge >= 0.3 is 0 Å². The topological polar surface area (TPSA) is 20.3 Å². The number of ketones is 1. The quantitative estimate of drug-likeness (QED) is 0.617. The van der Waals surface area contributed by atoms with Gasteiger partial charge in [-0.2, -0.15) is 0 Å². The largest absolute Gasteiger partial charge is 0.309 e. The van der Waals surface area contributed by atoms with Crippen molar-refractivity contribution in [1.29, 1.82) is 0 Å². The Morgan fingerprint density at radius 2 is 1.82 bits per heavy atom. The highest BCUT2D eigenvalue weighted by Gasteiger charge is 2.22. The molecule has 0 unspecified atom stereocenters. The van der Waals surface area contributed by atoms with Crippen molar-refractivity contribution >= 4 is 5.78 Å². The van der Waals surface area contributed by atoms with E-state index < -0.39 is 0 Å². The van der Waals surface area contributed by atoms with E-state index in [-0.39, 0.29) is 11.2 Å². The molecular formula is C9H19NO. The summed E-state index contributed by atoms with van der Waals surface area (Å²) in [5.74, 6) is 0.277. The Morgan fingerprint density at radius 3 is 2.09 bits per heavy atom. The maximum atomic E-state index is 11.1. The van der Waals surface area contributed by atoms with Gasteiger partial charge in [-0.3, -0.25) is 4.79 Å². The Kier molecular flexibility index (Phi) is 3.73. The number of rotatable bonds is 4. The summed E-state index contributed by atoms with van der Waals surface area (Å²) in [6.07, 6.45) is 0.940. The first kappa shape index (κ1) is 10.6. The van der Waals surface area contributed by atoms with Crippen LogP contribution in [0.5, 0.6) is 0 Å². The smallest absolute Gasteiger partial charge is 0.135 e. The van der Waals surface area contributed by atoms with E-state index in [4.69, 9.17) is 0 Å². The average Bonchev–Trinajstić information content (AvgIpc) is 1.84. The van der Waals surface area contributed by atoms with Crippen LogP contribution in [-0.2, 0) is 4.79 Å². The third-order valence-electron chi connectivity index (χ3n) is 2.14. The van der Waals surface area contributed by atoms with Gasteiger partial charge in [0, 0.05) is 5.41 Å². The van der Waals surface area contributed by atoms with Crippen LogP contribution < -0.4 is 0 Å². The van der Waals surface area contributed by atoms with Gasteiger partial charge in [-0.15, -0.1) is 0 Å². The molecule has 0 heterocycles. The van der Waals surface area contributed by atoms with Crippen LogP contribution in [0.25, 0.3) is 0 Å². The summed E-state index contributed by atoms with van der Waals surface area (Å²) < 4.78 is 0. The van der Waals surface area contributed by atoms with E-state index in [9.17, 15) is 4.79 Å². The molecule has 0 aromatic heterocycles. The summed E-state index contributed by atoms with van der Waals surface area (Å²) in [5, 5.41) is 0. The number of hydrogen-bond acceptors (Lipinski definition) is 2. The molecule has 0 spiro atoms. The molecule has 0 aromatic rings. The van der Waals surface area contributed by atoms with Gasteiger partial charge in [0.15, 0.2) is 0 Å². The molecule has 0 bridgehead atoms. The second kappa shape index (κ2) is 3.86. The molecule has 66 valence electrons. The second-order valence-corrected chi connectivity index (χ2v) is 3.99. The predicted molar refractivity (Wildman–Crippen MR) is 47.6 cm³/mol. The molecular weight excluding hydrogens is 138 g/mol. The van der Waals surface area contributed by atoms with Crippen LogP contribution in [-0.4, -0.2) is 31.3 Å². The second-order valence-electron chi connectivity index (χ2n) is 3.99. The lowest BCUT2D eigenvalue weighted by Gasteiger charge is -2.22. The lowest BCUT2D eigenvalue weighted by molar-refractivity contribution is -0.125. The van der Waals surface area contributed by atoms with E-state index in [1.807, 2.05) is 27.9 Å². The third kappa shape index (κ3) is 4.14. The Hall–Kier alpha value is -0.370. The number of Topliss-reactive ketones (excluding diaryl/α,β-unsaturated/α-hetero) is 1. The number of carbonyl (C=O) groups is 1. The fourth-order valence-corrected chi connectivity index (χ4v) is 0.679. The molecule has 0 atom stereocenters. The van der Waals surface area contributed by atoms with Crippen molar-refractivity contribution in [1.82, 2.24) is 4.90 Å².